The summed E-state index contributed by atoms with van der Waals surface area (Å²) in [6.07, 6.45) is 4.98. The van der Waals surface area contributed by atoms with Crippen molar-refractivity contribution in [2.45, 2.75) is 58.5 Å². The SMILES string of the molecule is CC(C)=CCN1CCC(NCC2COC(C)(C)O2)CC1. The average molecular weight is 282 g/mol. The molecule has 2 rings (SSSR count). The molecule has 0 aliphatic carbocycles. The first-order chi connectivity index (χ1) is 9.44. The molecule has 116 valence electrons. The van der Waals surface area contributed by atoms with E-state index >= 15 is 0 Å². The van der Waals surface area contributed by atoms with Gasteiger partial charge < -0.3 is 14.8 Å². The Bertz CT molecular complexity index is 329. The van der Waals surface area contributed by atoms with Gasteiger partial charge in [0, 0.05) is 19.1 Å². The van der Waals surface area contributed by atoms with Crippen molar-refractivity contribution in [1.82, 2.24) is 10.2 Å². The first-order valence-electron chi connectivity index (χ1n) is 7.85. The molecule has 0 spiro atoms. The van der Waals surface area contributed by atoms with Crippen molar-refractivity contribution < 1.29 is 9.47 Å². The second-order valence-corrected chi connectivity index (χ2v) is 6.72. The molecule has 2 aliphatic rings. The fraction of sp³-hybridized carbons (Fsp3) is 0.875. The molecule has 2 aliphatic heterocycles. The summed E-state index contributed by atoms with van der Waals surface area (Å²) in [4.78, 5) is 2.53. The summed E-state index contributed by atoms with van der Waals surface area (Å²) < 4.78 is 11.4. The maximum Gasteiger partial charge on any atom is 0.163 e. The van der Waals surface area contributed by atoms with Crippen LogP contribution < -0.4 is 5.32 Å². The third-order valence-corrected chi connectivity index (χ3v) is 4.05. The quantitative estimate of drug-likeness (QED) is 0.784. The van der Waals surface area contributed by atoms with Gasteiger partial charge in [-0.25, -0.2) is 0 Å². The van der Waals surface area contributed by atoms with Crippen LogP contribution in [0.1, 0.15) is 40.5 Å². The van der Waals surface area contributed by atoms with E-state index in [1.807, 2.05) is 13.8 Å². The smallest absolute Gasteiger partial charge is 0.163 e. The Labute approximate surface area is 123 Å². The molecule has 1 unspecified atom stereocenters. The minimum absolute atomic E-state index is 0.203. The number of likely N-dealkylation sites (tertiary alicyclic amines) is 1. The second-order valence-electron chi connectivity index (χ2n) is 6.72. The number of allylic oxidation sites excluding steroid dienone is 1. The molecular weight excluding hydrogens is 252 g/mol. The lowest BCUT2D eigenvalue weighted by Crippen LogP contribution is -2.45. The van der Waals surface area contributed by atoms with Gasteiger partial charge >= 0.3 is 0 Å². The molecule has 2 heterocycles. The number of ether oxygens (including phenoxy) is 2. The van der Waals surface area contributed by atoms with E-state index in [0.29, 0.717) is 12.6 Å². The fourth-order valence-electron chi connectivity index (χ4n) is 2.79. The van der Waals surface area contributed by atoms with Crippen LogP contribution in [0.2, 0.25) is 0 Å². The average Bonchev–Trinajstić information content (AvgIpc) is 2.75. The molecule has 2 saturated heterocycles. The first kappa shape index (κ1) is 16.0. The van der Waals surface area contributed by atoms with Gasteiger partial charge in [-0.2, -0.15) is 0 Å². The molecule has 1 N–H and O–H groups in total. The van der Waals surface area contributed by atoms with Crippen LogP contribution in [0.3, 0.4) is 0 Å². The fourth-order valence-corrected chi connectivity index (χ4v) is 2.79. The van der Waals surface area contributed by atoms with Crippen LogP contribution in [0.25, 0.3) is 0 Å². The number of nitrogens with zero attached hydrogens (tertiary/aromatic N) is 1. The van der Waals surface area contributed by atoms with Crippen molar-refractivity contribution in [3.05, 3.63) is 11.6 Å². The Morgan fingerprint density at radius 1 is 1.30 bits per heavy atom. The zero-order valence-corrected chi connectivity index (χ0v) is 13.4. The van der Waals surface area contributed by atoms with Gasteiger partial charge in [-0.05, 0) is 53.6 Å². The van der Waals surface area contributed by atoms with Crippen LogP contribution in [0.15, 0.2) is 11.6 Å². The molecule has 2 fully saturated rings. The molecule has 0 aromatic rings. The van der Waals surface area contributed by atoms with Crippen LogP contribution in [0.4, 0.5) is 0 Å². The van der Waals surface area contributed by atoms with Crippen molar-refractivity contribution >= 4 is 0 Å². The number of nitrogens with one attached hydrogen (secondary N) is 1. The third kappa shape index (κ3) is 5.17. The van der Waals surface area contributed by atoms with Crippen molar-refractivity contribution in [3.63, 3.8) is 0 Å². The Balaban J connectivity index is 1.61. The molecule has 0 radical (unpaired) electrons. The van der Waals surface area contributed by atoms with Gasteiger partial charge in [0.2, 0.25) is 0 Å². The van der Waals surface area contributed by atoms with Crippen LogP contribution in [-0.2, 0) is 9.47 Å². The summed E-state index contributed by atoms with van der Waals surface area (Å²) in [7, 11) is 0. The highest BCUT2D eigenvalue weighted by molar-refractivity contribution is 4.95. The second kappa shape index (κ2) is 7.03. The molecular formula is C16H30N2O2. The van der Waals surface area contributed by atoms with Gasteiger partial charge in [0.05, 0.1) is 12.7 Å². The lowest BCUT2D eigenvalue weighted by atomic mass is 10.0. The van der Waals surface area contributed by atoms with E-state index in [4.69, 9.17) is 9.47 Å². The van der Waals surface area contributed by atoms with Crippen molar-refractivity contribution in [2.24, 2.45) is 0 Å². The zero-order valence-electron chi connectivity index (χ0n) is 13.4. The predicted octanol–water partition coefficient (Wildman–Crippen LogP) is 2.16. The zero-order chi connectivity index (χ0) is 14.6. The lowest BCUT2D eigenvalue weighted by molar-refractivity contribution is -0.138. The Kier molecular flexibility index (Phi) is 5.61. The van der Waals surface area contributed by atoms with Crippen LogP contribution in [-0.4, -0.2) is 55.6 Å². The highest BCUT2D eigenvalue weighted by atomic mass is 16.7. The summed E-state index contributed by atoms with van der Waals surface area (Å²) in [6.45, 7) is 13.4. The van der Waals surface area contributed by atoms with Crippen molar-refractivity contribution in [3.8, 4) is 0 Å². The summed E-state index contributed by atoms with van der Waals surface area (Å²) in [6, 6.07) is 0.630. The summed E-state index contributed by atoms with van der Waals surface area (Å²) in [5.41, 5.74) is 1.41. The standard InChI is InChI=1S/C16H30N2O2/c1-13(2)5-8-18-9-6-14(7-10-18)17-11-15-12-19-16(3,4)20-15/h5,14-15,17H,6-12H2,1-4H3. The van der Waals surface area contributed by atoms with Gasteiger partial charge in [0.15, 0.2) is 5.79 Å². The number of piperidine rings is 1. The Morgan fingerprint density at radius 2 is 2.00 bits per heavy atom. The van der Waals surface area contributed by atoms with Crippen molar-refractivity contribution in [1.29, 1.82) is 0 Å². The van der Waals surface area contributed by atoms with E-state index in [9.17, 15) is 0 Å². The van der Waals surface area contributed by atoms with Gasteiger partial charge in [-0.1, -0.05) is 11.6 Å². The minimum atomic E-state index is -0.403. The summed E-state index contributed by atoms with van der Waals surface area (Å²) >= 11 is 0. The van der Waals surface area contributed by atoms with E-state index in [1.54, 1.807) is 0 Å². The van der Waals surface area contributed by atoms with E-state index in [0.717, 1.165) is 13.1 Å². The Hall–Kier alpha value is -0.420. The highest BCUT2D eigenvalue weighted by Crippen LogP contribution is 2.22. The molecule has 0 aromatic carbocycles. The van der Waals surface area contributed by atoms with Crippen molar-refractivity contribution in [2.75, 3.05) is 32.8 Å². The monoisotopic (exact) mass is 282 g/mol. The number of hydrogen-bond acceptors (Lipinski definition) is 4. The molecule has 0 saturated carbocycles. The van der Waals surface area contributed by atoms with Crippen LogP contribution >= 0.6 is 0 Å². The van der Waals surface area contributed by atoms with E-state index in [2.05, 4.69) is 30.1 Å². The van der Waals surface area contributed by atoms with Gasteiger partial charge in [0.1, 0.15) is 0 Å². The van der Waals surface area contributed by atoms with Gasteiger partial charge in [-0.15, -0.1) is 0 Å². The largest absolute Gasteiger partial charge is 0.348 e. The molecule has 0 aromatic heterocycles. The van der Waals surface area contributed by atoms with Gasteiger partial charge in [0.25, 0.3) is 0 Å². The maximum absolute atomic E-state index is 5.82. The third-order valence-electron chi connectivity index (χ3n) is 4.05. The van der Waals surface area contributed by atoms with Gasteiger partial charge in [-0.3, -0.25) is 4.90 Å². The lowest BCUT2D eigenvalue weighted by Gasteiger charge is -2.32. The van der Waals surface area contributed by atoms with E-state index < -0.39 is 5.79 Å². The van der Waals surface area contributed by atoms with E-state index in [1.165, 1.54) is 31.5 Å². The number of rotatable bonds is 5. The summed E-state index contributed by atoms with van der Waals surface area (Å²) in [5, 5.41) is 3.64. The first-order valence-corrected chi connectivity index (χ1v) is 7.85. The molecule has 4 heteroatoms. The maximum atomic E-state index is 5.82. The minimum Gasteiger partial charge on any atom is -0.348 e. The predicted molar refractivity (Wildman–Crippen MR) is 81.8 cm³/mol. The van der Waals surface area contributed by atoms with Crippen LogP contribution in [0, 0.1) is 0 Å². The molecule has 0 amide bonds. The van der Waals surface area contributed by atoms with Crippen LogP contribution in [0.5, 0.6) is 0 Å². The summed E-state index contributed by atoms with van der Waals surface area (Å²) in [5.74, 6) is -0.403. The Morgan fingerprint density at radius 3 is 2.55 bits per heavy atom. The normalized spacial score (nSPS) is 27.7. The molecule has 4 nitrogen and oxygen atoms in total. The molecule has 1 atom stereocenters. The highest BCUT2D eigenvalue weighted by Gasteiger charge is 2.32. The number of hydrogen-bond donors (Lipinski definition) is 1. The topological polar surface area (TPSA) is 33.7 Å². The molecule has 0 bridgehead atoms. The molecule has 20 heavy (non-hydrogen) atoms. The van der Waals surface area contributed by atoms with E-state index in [-0.39, 0.29) is 6.10 Å².